The lowest BCUT2D eigenvalue weighted by atomic mass is 10.2. The molecule has 39 heavy (non-hydrogen) atoms. The predicted octanol–water partition coefficient (Wildman–Crippen LogP) is 5.09. The van der Waals surface area contributed by atoms with E-state index in [4.69, 9.17) is 16.3 Å². The van der Waals surface area contributed by atoms with E-state index in [0.717, 1.165) is 11.1 Å². The van der Waals surface area contributed by atoms with Crippen LogP contribution in [0.25, 0.3) is 16.6 Å². The van der Waals surface area contributed by atoms with Crippen LogP contribution in [0.4, 0.5) is 16.2 Å². The predicted molar refractivity (Wildman–Crippen MR) is 150 cm³/mol. The molecular formula is C28H29ClN6O4. The molecule has 1 aromatic carbocycles. The number of piperazine rings is 1. The molecule has 10 nitrogen and oxygen atoms in total. The topological polar surface area (TPSA) is 113 Å². The van der Waals surface area contributed by atoms with E-state index >= 15 is 0 Å². The maximum absolute atomic E-state index is 13.2. The third-order valence-electron chi connectivity index (χ3n) is 6.28. The molecule has 0 saturated carbocycles. The fourth-order valence-electron chi connectivity index (χ4n) is 4.43. The first-order valence-corrected chi connectivity index (χ1v) is 12.9. The summed E-state index contributed by atoms with van der Waals surface area (Å²) in [4.78, 5) is 38.1. The fraction of sp³-hybridized carbons (Fsp3) is 0.286. The lowest BCUT2D eigenvalue weighted by Gasteiger charge is -2.37. The number of aromatic hydroxyl groups is 1. The zero-order valence-corrected chi connectivity index (χ0v) is 22.6. The first-order chi connectivity index (χ1) is 18.6. The first-order valence-electron chi connectivity index (χ1n) is 12.5. The number of benzene rings is 1. The summed E-state index contributed by atoms with van der Waals surface area (Å²) >= 11 is 6.09. The van der Waals surface area contributed by atoms with Gasteiger partial charge in [-0.3, -0.25) is 14.3 Å². The van der Waals surface area contributed by atoms with Crippen molar-refractivity contribution in [3.8, 4) is 11.7 Å². The van der Waals surface area contributed by atoms with Crippen LogP contribution in [0.2, 0.25) is 5.02 Å². The van der Waals surface area contributed by atoms with Crippen molar-refractivity contribution < 1.29 is 19.4 Å². The van der Waals surface area contributed by atoms with Gasteiger partial charge in [0.05, 0.1) is 17.6 Å². The smallest absolute Gasteiger partial charge is 0.410 e. The Morgan fingerprint density at radius 2 is 1.85 bits per heavy atom. The van der Waals surface area contributed by atoms with Gasteiger partial charge in [-0.25, -0.2) is 9.78 Å². The van der Waals surface area contributed by atoms with Crippen LogP contribution in [0.15, 0.2) is 61.1 Å². The molecule has 0 aliphatic carbocycles. The number of anilines is 2. The normalized spacial score (nSPS) is 13.9. The lowest BCUT2D eigenvalue weighted by Crippen LogP contribution is -2.50. The monoisotopic (exact) mass is 548 g/mol. The molecule has 1 saturated heterocycles. The van der Waals surface area contributed by atoms with Crippen molar-refractivity contribution in [1.29, 1.82) is 0 Å². The van der Waals surface area contributed by atoms with E-state index in [-0.39, 0.29) is 17.7 Å². The Kier molecular flexibility index (Phi) is 7.05. The van der Waals surface area contributed by atoms with Crippen LogP contribution >= 0.6 is 11.6 Å². The summed E-state index contributed by atoms with van der Waals surface area (Å²) in [5, 5.41) is 15.6. The van der Waals surface area contributed by atoms with Crippen LogP contribution in [0, 0.1) is 0 Å². The minimum atomic E-state index is -0.552. The largest absolute Gasteiger partial charge is 0.494 e. The number of amides is 2. The van der Waals surface area contributed by atoms with Gasteiger partial charge in [0.15, 0.2) is 0 Å². The zero-order valence-electron chi connectivity index (χ0n) is 21.9. The Bertz CT molecular complexity index is 1540. The molecule has 4 heterocycles. The Morgan fingerprint density at radius 3 is 2.59 bits per heavy atom. The van der Waals surface area contributed by atoms with Gasteiger partial charge in [-0.1, -0.05) is 17.7 Å². The van der Waals surface area contributed by atoms with Crippen molar-refractivity contribution in [3.05, 3.63) is 71.8 Å². The van der Waals surface area contributed by atoms with Crippen LogP contribution in [0.1, 0.15) is 31.3 Å². The highest BCUT2D eigenvalue weighted by Crippen LogP contribution is 2.32. The summed E-state index contributed by atoms with van der Waals surface area (Å²) in [5.41, 5.74) is 0.949. The van der Waals surface area contributed by atoms with Gasteiger partial charge in [0.25, 0.3) is 5.91 Å². The fourth-order valence-corrected chi connectivity index (χ4v) is 4.62. The number of rotatable bonds is 4. The van der Waals surface area contributed by atoms with Gasteiger partial charge in [-0.15, -0.1) is 0 Å². The average molecular weight is 549 g/mol. The van der Waals surface area contributed by atoms with E-state index in [1.165, 1.54) is 4.57 Å². The van der Waals surface area contributed by atoms with Gasteiger partial charge < -0.3 is 25.0 Å². The molecule has 4 aromatic rings. The third kappa shape index (κ3) is 5.75. The van der Waals surface area contributed by atoms with E-state index in [9.17, 15) is 14.7 Å². The second-order valence-electron chi connectivity index (χ2n) is 10.2. The molecule has 0 unspecified atom stereocenters. The van der Waals surface area contributed by atoms with Crippen molar-refractivity contribution in [3.63, 3.8) is 0 Å². The summed E-state index contributed by atoms with van der Waals surface area (Å²) in [6.45, 7) is 7.67. The van der Waals surface area contributed by atoms with Crippen LogP contribution in [-0.2, 0) is 4.74 Å². The molecule has 2 amide bonds. The van der Waals surface area contributed by atoms with Gasteiger partial charge in [0.1, 0.15) is 17.1 Å². The Morgan fingerprint density at radius 1 is 1.08 bits per heavy atom. The number of halogens is 1. The molecule has 1 fully saturated rings. The van der Waals surface area contributed by atoms with Crippen molar-refractivity contribution >= 4 is 45.7 Å². The summed E-state index contributed by atoms with van der Waals surface area (Å²) in [6, 6.07) is 12.0. The minimum absolute atomic E-state index is 0.00629. The minimum Gasteiger partial charge on any atom is -0.494 e. The number of hydrogen-bond acceptors (Lipinski definition) is 7. The highest BCUT2D eigenvalue weighted by molar-refractivity contribution is 6.31. The molecular weight excluding hydrogens is 520 g/mol. The number of pyridine rings is 2. The lowest BCUT2D eigenvalue weighted by molar-refractivity contribution is 0.0240. The van der Waals surface area contributed by atoms with Crippen LogP contribution in [-0.4, -0.2) is 68.3 Å². The van der Waals surface area contributed by atoms with Gasteiger partial charge in [0, 0.05) is 54.4 Å². The summed E-state index contributed by atoms with van der Waals surface area (Å²) in [6.07, 6.45) is 4.64. The Balaban J connectivity index is 1.31. The van der Waals surface area contributed by atoms with E-state index < -0.39 is 11.5 Å². The molecule has 5 rings (SSSR count). The summed E-state index contributed by atoms with van der Waals surface area (Å²) < 4.78 is 7.00. The van der Waals surface area contributed by atoms with Crippen molar-refractivity contribution in [2.45, 2.75) is 26.4 Å². The zero-order chi connectivity index (χ0) is 27.7. The number of fused-ring (bicyclic) bond motifs is 1. The molecule has 0 bridgehead atoms. The van der Waals surface area contributed by atoms with E-state index in [1.807, 2.05) is 26.8 Å². The molecule has 1 aliphatic heterocycles. The second kappa shape index (κ2) is 10.5. The van der Waals surface area contributed by atoms with E-state index in [2.05, 4.69) is 20.2 Å². The summed E-state index contributed by atoms with van der Waals surface area (Å²) in [5.74, 6) is -0.0262. The van der Waals surface area contributed by atoms with Crippen LogP contribution < -0.4 is 10.2 Å². The number of ether oxygens (including phenoxy) is 1. The molecule has 0 radical (unpaired) electrons. The summed E-state index contributed by atoms with van der Waals surface area (Å²) in [7, 11) is 0. The standard InChI is InChI=1S/C28H29ClN6O4/c1-28(2,3)39-27(38)34-13-11-33(12-14-34)23-9-10-30-16-22(23)32-25(36)21-5-4-6-24(31-21)35-17-18-15-19(29)7-8-20(18)26(35)37/h4-10,15-17,37H,11-14H2,1-3H3,(H,32,36). The van der Waals surface area contributed by atoms with Crippen molar-refractivity contribution in [2.75, 3.05) is 36.4 Å². The van der Waals surface area contributed by atoms with Crippen molar-refractivity contribution in [2.24, 2.45) is 0 Å². The Hall–Kier alpha value is -4.31. The first kappa shape index (κ1) is 26.3. The molecule has 2 N–H and O–H groups in total. The number of aromatic nitrogens is 3. The van der Waals surface area contributed by atoms with E-state index in [1.54, 1.807) is 59.9 Å². The molecule has 3 aromatic heterocycles. The maximum Gasteiger partial charge on any atom is 0.410 e. The average Bonchev–Trinajstić information content (AvgIpc) is 3.23. The van der Waals surface area contributed by atoms with Gasteiger partial charge in [-0.2, -0.15) is 0 Å². The highest BCUT2D eigenvalue weighted by Gasteiger charge is 2.27. The quantitative estimate of drug-likeness (QED) is 0.365. The molecule has 0 atom stereocenters. The number of nitrogens with one attached hydrogen (secondary N) is 1. The van der Waals surface area contributed by atoms with Gasteiger partial charge >= 0.3 is 6.09 Å². The number of hydrogen-bond donors (Lipinski definition) is 2. The molecule has 202 valence electrons. The van der Waals surface area contributed by atoms with Crippen molar-refractivity contribution in [1.82, 2.24) is 19.4 Å². The highest BCUT2D eigenvalue weighted by atomic mass is 35.5. The maximum atomic E-state index is 13.2. The van der Waals surface area contributed by atoms with Gasteiger partial charge in [0.2, 0.25) is 5.88 Å². The number of nitrogens with zero attached hydrogens (tertiary/aromatic N) is 5. The Labute approximate surface area is 230 Å². The number of carbonyl (C=O) groups is 2. The molecule has 11 heteroatoms. The third-order valence-corrected chi connectivity index (χ3v) is 6.52. The number of carbonyl (C=O) groups excluding carboxylic acids is 2. The molecule has 0 spiro atoms. The van der Waals surface area contributed by atoms with Crippen LogP contribution in [0.5, 0.6) is 5.88 Å². The molecule has 1 aliphatic rings. The SMILES string of the molecule is CC(C)(C)OC(=O)N1CCN(c2ccncc2NC(=O)c2cccc(-n3cc4cc(Cl)ccc4c3O)n2)CC1. The van der Waals surface area contributed by atoms with Crippen LogP contribution in [0.3, 0.4) is 0 Å². The van der Waals surface area contributed by atoms with Gasteiger partial charge in [-0.05, 0) is 57.2 Å². The second-order valence-corrected chi connectivity index (χ2v) is 10.7. The van der Waals surface area contributed by atoms with E-state index in [0.29, 0.717) is 48.1 Å².